The van der Waals surface area contributed by atoms with Gasteiger partial charge in [-0.3, -0.25) is 9.36 Å². The number of likely N-dealkylation sites (N-methyl/N-ethyl adjacent to an activating group) is 1. The average Bonchev–Trinajstić information content (AvgIpc) is 2.56. The maximum Gasteiger partial charge on any atom is 0.348 e. The van der Waals surface area contributed by atoms with Crippen LogP contribution in [0.15, 0.2) is 35.1 Å². The van der Waals surface area contributed by atoms with Gasteiger partial charge in [-0.15, -0.1) is 0 Å². The summed E-state index contributed by atoms with van der Waals surface area (Å²) < 4.78 is 1.45. The Morgan fingerprint density at radius 1 is 1.33 bits per heavy atom. The number of carbonyl (C=O) groups is 1. The highest BCUT2D eigenvalue weighted by Crippen LogP contribution is 2.33. The molecule has 1 aromatic heterocycles. The summed E-state index contributed by atoms with van der Waals surface area (Å²) >= 11 is 0. The lowest BCUT2D eigenvalue weighted by atomic mass is 9.87. The second-order valence-electron chi connectivity index (χ2n) is 6.52. The van der Waals surface area contributed by atoms with Gasteiger partial charge in [0.1, 0.15) is 6.54 Å². The number of amides is 1. The molecule has 0 fully saturated rings. The zero-order valence-corrected chi connectivity index (χ0v) is 14.5. The molecule has 0 N–H and O–H groups in total. The standard InChI is InChI=1S/C19H23N3O2/c1-13-11-14(2)22(19(24)20-13)12-18(23)21(3)17-10-6-8-15-7-4-5-9-16(15)17/h4-5,7,9,11,17H,6,8,10,12H2,1-3H3. The minimum Gasteiger partial charge on any atom is -0.337 e. The van der Waals surface area contributed by atoms with E-state index in [0.29, 0.717) is 5.69 Å². The van der Waals surface area contributed by atoms with Crippen LogP contribution in [0.3, 0.4) is 0 Å². The molecule has 1 atom stereocenters. The Kier molecular flexibility index (Phi) is 4.51. The van der Waals surface area contributed by atoms with Crippen LogP contribution in [-0.2, 0) is 17.8 Å². The third kappa shape index (κ3) is 3.11. The fraction of sp³-hybridized carbons (Fsp3) is 0.421. The molecule has 0 spiro atoms. The summed E-state index contributed by atoms with van der Waals surface area (Å²) in [6.07, 6.45) is 3.10. The van der Waals surface area contributed by atoms with E-state index in [4.69, 9.17) is 0 Å². The summed E-state index contributed by atoms with van der Waals surface area (Å²) in [6.45, 7) is 3.65. The van der Waals surface area contributed by atoms with E-state index in [-0.39, 0.29) is 24.2 Å². The van der Waals surface area contributed by atoms with Crippen LogP contribution in [0.1, 0.15) is 41.4 Å². The van der Waals surface area contributed by atoms with E-state index in [0.717, 1.165) is 25.0 Å². The number of nitrogens with zero attached hydrogens (tertiary/aromatic N) is 3. The largest absolute Gasteiger partial charge is 0.348 e. The van der Waals surface area contributed by atoms with E-state index in [1.807, 2.05) is 32.2 Å². The first-order chi connectivity index (χ1) is 11.5. The molecule has 126 valence electrons. The Balaban J connectivity index is 1.83. The Bertz CT molecular complexity index is 826. The molecule has 3 rings (SSSR count). The van der Waals surface area contributed by atoms with Crippen molar-refractivity contribution < 1.29 is 4.79 Å². The van der Waals surface area contributed by atoms with Crippen LogP contribution >= 0.6 is 0 Å². The first-order valence-corrected chi connectivity index (χ1v) is 8.36. The zero-order chi connectivity index (χ0) is 17.3. The van der Waals surface area contributed by atoms with Gasteiger partial charge in [0, 0.05) is 18.4 Å². The van der Waals surface area contributed by atoms with E-state index < -0.39 is 0 Å². The van der Waals surface area contributed by atoms with Crippen molar-refractivity contribution in [3.63, 3.8) is 0 Å². The molecule has 0 bridgehead atoms. The lowest BCUT2D eigenvalue weighted by Crippen LogP contribution is -2.38. The van der Waals surface area contributed by atoms with Crippen molar-refractivity contribution in [3.05, 3.63) is 63.3 Å². The van der Waals surface area contributed by atoms with Crippen molar-refractivity contribution in [2.45, 2.75) is 45.7 Å². The van der Waals surface area contributed by atoms with E-state index >= 15 is 0 Å². The molecular weight excluding hydrogens is 302 g/mol. The first-order valence-electron chi connectivity index (χ1n) is 8.36. The summed E-state index contributed by atoms with van der Waals surface area (Å²) in [4.78, 5) is 30.5. The lowest BCUT2D eigenvalue weighted by molar-refractivity contribution is -0.133. The lowest BCUT2D eigenvalue weighted by Gasteiger charge is -2.33. The molecule has 0 saturated carbocycles. The fourth-order valence-electron chi connectivity index (χ4n) is 3.52. The molecule has 2 aromatic rings. The van der Waals surface area contributed by atoms with Crippen LogP contribution in [0.2, 0.25) is 0 Å². The monoisotopic (exact) mass is 325 g/mol. The van der Waals surface area contributed by atoms with E-state index in [9.17, 15) is 9.59 Å². The van der Waals surface area contributed by atoms with E-state index in [1.165, 1.54) is 15.7 Å². The number of hydrogen-bond donors (Lipinski definition) is 0. The van der Waals surface area contributed by atoms with Crippen LogP contribution in [0.4, 0.5) is 0 Å². The van der Waals surface area contributed by atoms with Crippen LogP contribution in [0.5, 0.6) is 0 Å². The molecule has 1 aliphatic carbocycles. The molecule has 0 saturated heterocycles. The van der Waals surface area contributed by atoms with Crippen molar-refractivity contribution >= 4 is 5.91 Å². The van der Waals surface area contributed by atoms with Gasteiger partial charge in [-0.1, -0.05) is 24.3 Å². The molecule has 5 heteroatoms. The molecule has 0 aliphatic heterocycles. The molecule has 1 unspecified atom stereocenters. The number of carbonyl (C=O) groups excluding carboxylic acids is 1. The van der Waals surface area contributed by atoms with Crippen molar-refractivity contribution in [2.24, 2.45) is 0 Å². The second kappa shape index (κ2) is 6.59. The summed E-state index contributed by atoms with van der Waals surface area (Å²) in [5.41, 5.74) is 3.62. The molecule has 1 aliphatic rings. The number of aryl methyl sites for hydroxylation is 3. The normalized spacial score (nSPS) is 16.5. The third-order valence-electron chi connectivity index (χ3n) is 4.84. The second-order valence-corrected chi connectivity index (χ2v) is 6.52. The molecular formula is C19H23N3O2. The molecule has 1 amide bonds. The maximum absolute atomic E-state index is 12.7. The summed E-state index contributed by atoms with van der Waals surface area (Å²) in [6, 6.07) is 10.2. The highest BCUT2D eigenvalue weighted by Gasteiger charge is 2.26. The summed E-state index contributed by atoms with van der Waals surface area (Å²) in [5, 5.41) is 0. The van der Waals surface area contributed by atoms with E-state index in [2.05, 4.69) is 17.1 Å². The first kappa shape index (κ1) is 16.4. The maximum atomic E-state index is 12.7. The number of hydrogen-bond acceptors (Lipinski definition) is 3. The van der Waals surface area contributed by atoms with Gasteiger partial charge in [0.2, 0.25) is 5.91 Å². The molecule has 0 radical (unpaired) electrons. The van der Waals surface area contributed by atoms with Gasteiger partial charge >= 0.3 is 5.69 Å². The number of aromatic nitrogens is 2. The van der Waals surface area contributed by atoms with Gasteiger partial charge in [0.25, 0.3) is 0 Å². The van der Waals surface area contributed by atoms with Crippen LogP contribution in [0, 0.1) is 13.8 Å². The number of rotatable bonds is 3. The number of benzene rings is 1. The quantitative estimate of drug-likeness (QED) is 0.871. The van der Waals surface area contributed by atoms with Gasteiger partial charge in [-0.05, 0) is 50.3 Å². The van der Waals surface area contributed by atoms with Crippen LogP contribution in [-0.4, -0.2) is 27.4 Å². The Hall–Kier alpha value is -2.43. The minimum absolute atomic E-state index is 0.0348. The van der Waals surface area contributed by atoms with E-state index in [1.54, 1.807) is 11.8 Å². The van der Waals surface area contributed by atoms with Gasteiger partial charge in [0.15, 0.2) is 0 Å². The summed E-state index contributed by atoms with van der Waals surface area (Å²) in [5.74, 6) is -0.0624. The minimum atomic E-state index is -0.363. The topological polar surface area (TPSA) is 55.2 Å². The predicted octanol–water partition coefficient (Wildman–Crippen LogP) is 2.40. The number of fused-ring (bicyclic) bond motifs is 1. The molecule has 1 heterocycles. The van der Waals surface area contributed by atoms with Gasteiger partial charge in [-0.2, -0.15) is 4.98 Å². The Labute approximate surface area is 141 Å². The highest BCUT2D eigenvalue weighted by molar-refractivity contribution is 5.76. The Morgan fingerprint density at radius 3 is 2.83 bits per heavy atom. The third-order valence-corrected chi connectivity index (χ3v) is 4.84. The fourth-order valence-corrected chi connectivity index (χ4v) is 3.52. The highest BCUT2D eigenvalue weighted by atomic mass is 16.2. The molecule has 5 nitrogen and oxygen atoms in total. The van der Waals surface area contributed by atoms with Gasteiger partial charge < -0.3 is 4.90 Å². The van der Waals surface area contributed by atoms with Crippen molar-refractivity contribution in [2.75, 3.05) is 7.05 Å². The van der Waals surface area contributed by atoms with Crippen molar-refractivity contribution in [3.8, 4) is 0 Å². The Morgan fingerprint density at radius 2 is 2.08 bits per heavy atom. The smallest absolute Gasteiger partial charge is 0.337 e. The average molecular weight is 325 g/mol. The predicted molar refractivity (Wildman–Crippen MR) is 92.9 cm³/mol. The molecule has 1 aromatic carbocycles. The zero-order valence-electron chi connectivity index (χ0n) is 14.5. The molecule has 24 heavy (non-hydrogen) atoms. The van der Waals surface area contributed by atoms with Crippen LogP contribution < -0.4 is 5.69 Å². The SMILES string of the molecule is Cc1cc(C)n(CC(=O)N(C)C2CCCc3ccccc32)c(=O)n1. The van der Waals surface area contributed by atoms with Gasteiger partial charge in [0.05, 0.1) is 6.04 Å². The van der Waals surface area contributed by atoms with Crippen molar-refractivity contribution in [1.82, 2.24) is 14.5 Å². The van der Waals surface area contributed by atoms with Crippen molar-refractivity contribution in [1.29, 1.82) is 0 Å². The van der Waals surface area contributed by atoms with Gasteiger partial charge in [-0.25, -0.2) is 4.79 Å². The summed E-state index contributed by atoms with van der Waals surface area (Å²) in [7, 11) is 1.83. The van der Waals surface area contributed by atoms with Crippen LogP contribution in [0.25, 0.3) is 0 Å².